The van der Waals surface area contributed by atoms with E-state index in [0.29, 0.717) is 18.7 Å². The van der Waals surface area contributed by atoms with Crippen molar-refractivity contribution in [3.63, 3.8) is 0 Å². The summed E-state index contributed by atoms with van der Waals surface area (Å²) in [5, 5.41) is 5.57. The van der Waals surface area contributed by atoms with E-state index in [-0.39, 0.29) is 19.5 Å². The van der Waals surface area contributed by atoms with Crippen molar-refractivity contribution in [3.05, 3.63) is 66.2 Å². The normalized spacial score (nSPS) is 15.7. The van der Waals surface area contributed by atoms with Crippen LogP contribution in [0.5, 0.6) is 5.75 Å². The zero-order valence-corrected chi connectivity index (χ0v) is 19.1. The van der Waals surface area contributed by atoms with Crippen molar-refractivity contribution in [2.75, 3.05) is 19.6 Å². The highest BCUT2D eigenvalue weighted by atomic mass is 16.6. The number of para-hydroxylation sites is 1. The molecule has 2 aromatic carbocycles. The molecule has 34 heavy (non-hydrogen) atoms. The van der Waals surface area contributed by atoms with E-state index in [0.717, 1.165) is 16.9 Å². The van der Waals surface area contributed by atoms with Gasteiger partial charge in [0, 0.05) is 6.54 Å². The molecule has 0 saturated carbocycles. The lowest BCUT2D eigenvalue weighted by molar-refractivity contribution is -0.140. The first kappa shape index (κ1) is 24.9. The monoisotopic (exact) mass is 467 g/mol. The Morgan fingerprint density at radius 3 is 2.35 bits per heavy atom. The Kier molecular flexibility index (Phi) is 9.16. The van der Waals surface area contributed by atoms with Crippen molar-refractivity contribution >= 4 is 23.9 Å². The van der Waals surface area contributed by atoms with Crippen molar-refractivity contribution in [3.8, 4) is 5.75 Å². The van der Waals surface area contributed by atoms with Gasteiger partial charge in [0.15, 0.2) is 5.78 Å². The van der Waals surface area contributed by atoms with E-state index in [9.17, 15) is 19.2 Å². The van der Waals surface area contributed by atoms with Crippen LogP contribution in [-0.2, 0) is 20.7 Å². The number of carbonyl (C=O) groups is 4. The number of likely N-dealkylation sites (N-methyl/N-ethyl adjacent to an activating group) is 1. The van der Waals surface area contributed by atoms with Gasteiger partial charge in [-0.25, -0.2) is 14.4 Å². The predicted octanol–water partition coefficient (Wildman–Crippen LogP) is 2.69. The minimum absolute atomic E-state index is 0.155. The third-order valence-electron chi connectivity index (χ3n) is 5.44. The first-order valence-electron chi connectivity index (χ1n) is 11.3. The van der Waals surface area contributed by atoms with Crippen LogP contribution >= 0.6 is 0 Å². The maximum atomic E-state index is 13.1. The summed E-state index contributed by atoms with van der Waals surface area (Å²) in [6.45, 7) is 2.19. The summed E-state index contributed by atoms with van der Waals surface area (Å²) in [5.41, 5.74) is 0.828. The Labute approximate surface area is 198 Å². The van der Waals surface area contributed by atoms with E-state index in [1.54, 1.807) is 37.3 Å². The van der Waals surface area contributed by atoms with E-state index in [4.69, 9.17) is 9.47 Å². The van der Waals surface area contributed by atoms with Crippen LogP contribution in [0.2, 0.25) is 0 Å². The Hall–Kier alpha value is -3.72. The molecule has 1 unspecified atom stereocenters. The third kappa shape index (κ3) is 7.41. The summed E-state index contributed by atoms with van der Waals surface area (Å²) in [6, 6.07) is 16.2. The Balaban J connectivity index is 1.65. The largest absolute Gasteiger partial charge is 0.417 e. The molecule has 0 bridgehead atoms. The van der Waals surface area contributed by atoms with E-state index in [2.05, 4.69) is 10.6 Å². The first-order valence-corrected chi connectivity index (χ1v) is 11.3. The third-order valence-corrected chi connectivity index (χ3v) is 5.44. The molecule has 0 radical (unpaired) electrons. The molecule has 2 aromatic rings. The number of ether oxygens (including phenoxy) is 2. The van der Waals surface area contributed by atoms with Gasteiger partial charge in [0.2, 0.25) is 0 Å². The van der Waals surface area contributed by atoms with Gasteiger partial charge in [-0.2, -0.15) is 0 Å². The van der Waals surface area contributed by atoms with Crippen molar-refractivity contribution in [1.29, 1.82) is 0 Å². The molecule has 2 atom stereocenters. The van der Waals surface area contributed by atoms with Gasteiger partial charge in [0.1, 0.15) is 11.8 Å². The Morgan fingerprint density at radius 1 is 1.06 bits per heavy atom. The maximum absolute atomic E-state index is 13.1. The van der Waals surface area contributed by atoms with Crippen LogP contribution in [-0.4, -0.2) is 60.6 Å². The van der Waals surface area contributed by atoms with E-state index in [1.165, 1.54) is 0 Å². The molecule has 0 aliphatic carbocycles. The quantitative estimate of drug-likeness (QED) is 0.430. The van der Waals surface area contributed by atoms with Gasteiger partial charge in [-0.15, -0.1) is 0 Å². The van der Waals surface area contributed by atoms with Crippen LogP contribution in [0, 0.1) is 0 Å². The van der Waals surface area contributed by atoms with Crippen LogP contribution in [0.4, 0.5) is 9.59 Å². The lowest BCUT2D eigenvalue weighted by atomic mass is 10.0. The van der Waals surface area contributed by atoms with E-state index in [1.807, 2.05) is 30.3 Å². The smallest absolute Gasteiger partial charge is 0.410 e. The number of Topliss-reactive ketones (excluding diaryl/α,β-unsaturated/α-hetero) is 1. The number of rotatable bonds is 9. The average molecular weight is 468 g/mol. The zero-order chi connectivity index (χ0) is 24.3. The fourth-order valence-electron chi connectivity index (χ4n) is 3.57. The second kappa shape index (κ2) is 12.5. The second-order valence-electron chi connectivity index (χ2n) is 7.91. The molecule has 3 rings (SSSR count). The molecular weight excluding hydrogens is 438 g/mol. The fourth-order valence-corrected chi connectivity index (χ4v) is 3.57. The van der Waals surface area contributed by atoms with Gasteiger partial charge >= 0.3 is 18.2 Å². The van der Waals surface area contributed by atoms with Gasteiger partial charge in [0.25, 0.3) is 0 Å². The number of esters is 1. The van der Waals surface area contributed by atoms with Crippen LogP contribution in [0.1, 0.15) is 25.3 Å². The lowest BCUT2D eigenvalue weighted by Gasteiger charge is -2.23. The van der Waals surface area contributed by atoms with Gasteiger partial charge in [0.05, 0.1) is 12.6 Å². The van der Waals surface area contributed by atoms with E-state index < -0.39 is 36.0 Å². The van der Waals surface area contributed by atoms with Gasteiger partial charge in [-0.3, -0.25) is 4.79 Å². The molecular formula is C25H29N3O6. The highest BCUT2D eigenvalue weighted by Crippen LogP contribution is 2.11. The Bertz CT molecular complexity index is 977. The van der Waals surface area contributed by atoms with Crippen LogP contribution in [0.15, 0.2) is 60.7 Å². The standard InChI is InChI=1S/C25H29N3O6/c1-2-28(25(32)34-23(30)20-14-9-15-26-20)17-22(29)21(16-18-10-5-3-6-11-18)27-24(31)33-19-12-7-4-8-13-19/h3-8,10-13,20-21,26H,2,9,14-17H2,1H3,(H,27,31)/t20-,21?/m0/s1. The predicted molar refractivity (Wildman–Crippen MR) is 124 cm³/mol. The van der Waals surface area contributed by atoms with Gasteiger partial charge < -0.3 is 25.0 Å². The zero-order valence-electron chi connectivity index (χ0n) is 19.1. The van der Waals surface area contributed by atoms with Crippen LogP contribution in [0.3, 0.4) is 0 Å². The number of ketones is 1. The van der Waals surface area contributed by atoms with Crippen molar-refractivity contribution in [2.45, 2.75) is 38.3 Å². The molecule has 1 fully saturated rings. The van der Waals surface area contributed by atoms with Gasteiger partial charge in [-0.05, 0) is 50.4 Å². The van der Waals surface area contributed by atoms with Gasteiger partial charge in [-0.1, -0.05) is 48.5 Å². The maximum Gasteiger partial charge on any atom is 0.417 e. The second-order valence-corrected chi connectivity index (χ2v) is 7.91. The number of benzene rings is 2. The van der Waals surface area contributed by atoms with Crippen LogP contribution < -0.4 is 15.4 Å². The summed E-state index contributed by atoms with van der Waals surface area (Å²) < 4.78 is 10.2. The summed E-state index contributed by atoms with van der Waals surface area (Å²) in [6.07, 6.45) is -0.0331. The molecule has 9 heteroatoms. The van der Waals surface area contributed by atoms with Crippen molar-refractivity contribution in [1.82, 2.24) is 15.5 Å². The number of amides is 2. The number of hydrogen-bond donors (Lipinski definition) is 2. The molecule has 1 aliphatic heterocycles. The molecule has 9 nitrogen and oxygen atoms in total. The average Bonchev–Trinajstić information content (AvgIpc) is 3.38. The highest BCUT2D eigenvalue weighted by Gasteiger charge is 2.30. The minimum atomic E-state index is -0.951. The summed E-state index contributed by atoms with van der Waals surface area (Å²) in [4.78, 5) is 51.4. The molecule has 0 spiro atoms. The molecule has 2 N–H and O–H groups in total. The molecule has 0 aromatic heterocycles. The number of nitrogens with zero attached hydrogens (tertiary/aromatic N) is 1. The molecule has 1 heterocycles. The lowest BCUT2D eigenvalue weighted by Crippen LogP contribution is -2.49. The fraction of sp³-hybridized carbons (Fsp3) is 0.360. The molecule has 1 saturated heterocycles. The molecule has 180 valence electrons. The Morgan fingerprint density at radius 2 is 1.74 bits per heavy atom. The first-order chi connectivity index (χ1) is 16.5. The number of hydrogen-bond acceptors (Lipinski definition) is 7. The number of nitrogens with one attached hydrogen (secondary N) is 2. The van der Waals surface area contributed by atoms with Crippen LogP contribution in [0.25, 0.3) is 0 Å². The molecule has 2 amide bonds. The summed E-state index contributed by atoms with van der Waals surface area (Å²) in [5.74, 6) is -0.735. The highest BCUT2D eigenvalue weighted by molar-refractivity contribution is 5.93. The summed E-state index contributed by atoms with van der Waals surface area (Å²) in [7, 11) is 0. The summed E-state index contributed by atoms with van der Waals surface area (Å²) >= 11 is 0. The molecule has 1 aliphatic rings. The topological polar surface area (TPSA) is 114 Å². The number of carbonyl (C=O) groups excluding carboxylic acids is 4. The minimum Gasteiger partial charge on any atom is -0.410 e. The van der Waals surface area contributed by atoms with Crippen molar-refractivity contribution in [2.24, 2.45) is 0 Å². The van der Waals surface area contributed by atoms with E-state index >= 15 is 0 Å². The van der Waals surface area contributed by atoms with Crippen molar-refractivity contribution < 1.29 is 28.7 Å². The SMILES string of the molecule is CCN(CC(=O)C(Cc1ccccc1)NC(=O)Oc1ccccc1)C(=O)OC(=O)[C@@H]1CCCN1.